The fourth-order valence-corrected chi connectivity index (χ4v) is 2.55. The number of amides is 1. The van der Waals surface area contributed by atoms with Gasteiger partial charge in [0.1, 0.15) is 11.5 Å². The molecule has 3 aromatic rings. The maximum atomic E-state index is 12.0. The van der Waals surface area contributed by atoms with Crippen LogP contribution in [0.15, 0.2) is 77.2 Å². The molecule has 0 saturated heterocycles. The van der Waals surface area contributed by atoms with E-state index in [9.17, 15) is 4.79 Å². The number of thiocarbonyl (C=S) groups is 1. The molecule has 0 aliphatic heterocycles. The van der Waals surface area contributed by atoms with E-state index in [-0.39, 0.29) is 11.0 Å². The van der Waals surface area contributed by atoms with E-state index < -0.39 is 0 Å². The number of rotatable bonds is 4. The second kappa shape index (κ2) is 8.47. The zero-order valence-electron chi connectivity index (χ0n) is 13.6. The monoisotopic (exact) mass is 382 g/mol. The van der Waals surface area contributed by atoms with Crippen LogP contribution in [0.25, 0.3) is 17.4 Å². The van der Waals surface area contributed by atoms with Crippen molar-refractivity contribution in [3.05, 3.63) is 83.6 Å². The van der Waals surface area contributed by atoms with Crippen LogP contribution >= 0.6 is 23.8 Å². The summed E-state index contributed by atoms with van der Waals surface area (Å²) in [5.74, 6) is 0.968. The Hall–Kier alpha value is -2.89. The Morgan fingerprint density at radius 1 is 1.00 bits per heavy atom. The molecule has 0 unspecified atom stereocenters. The highest BCUT2D eigenvalue weighted by atomic mass is 35.5. The number of carbonyl (C=O) groups excluding carboxylic acids is 1. The second-order valence-electron chi connectivity index (χ2n) is 5.35. The normalized spacial score (nSPS) is 10.7. The number of nitrogens with one attached hydrogen (secondary N) is 2. The van der Waals surface area contributed by atoms with Crippen LogP contribution in [0, 0.1) is 0 Å². The van der Waals surface area contributed by atoms with Gasteiger partial charge in [0.25, 0.3) is 0 Å². The second-order valence-corrected chi connectivity index (χ2v) is 6.20. The molecule has 2 aromatic carbocycles. The van der Waals surface area contributed by atoms with Crippen molar-refractivity contribution in [2.75, 3.05) is 5.32 Å². The minimum absolute atomic E-state index is 0.200. The number of benzene rings is 2. The minimum atomic E-state index is -0.353. The number of anilines is 1. The summed E-state index contributed by atoms with van der Waals surface area (Å²) in [6, 6.07) is 20.4. The van der Waals surface area contributed by atoms with Crippen LogP contribution in [0.4, 0.5) is 5.69 Å². The van der Waals surface area contributed by atoms with Crippen LogP contribution < -0.4 is 10.6 Å². The van der Waals surface area contributed by atoms with Crippen molar-refractivity contribution in [2.45, 2.75) is 0 Å². The quantitative estimate of drug-likeness (QED) is 0.485. The fourth-order valence-electron chi connectivity index (χ4n) is 2.21. The van der Waals surface area contributed by atoms with E-state index in [2.05, 4.69) is 10.6 Å². The van der Waals surface area contributed by atoms with Crippen LogP contribution in [0.1, 0.15) is 5.76 Å². The first-order valence-electron chi connectivity index (χ1n) is 7.81. The Bertz CT molecular complexity index is 934. The van der Waals surface area contributed by atoms with Gasteiger partial charge in [0, 0.05) is 22.3 Å². The number of hydrogen-bond acceptors (Lipinski definition) is 3. The number of carbonyl (C=O) groups is 1. The zero-order valence-corrected chi connectivity index (χ0v) is 15.2. The van der Waals surface area contributed by atoms with Crippen molar-refractivity contribution >= 4 is 46.6 Å². The van der Waals surface area contributed by atoms with Gasteiger partial charge in [-0.3, -0.25) is 10.1 Å². The van der Waals surface area contributed by atoms with E-state index >= 15 is 0 Å². The lowest BCUT2D eigenvalue weighted by atomic mass is 10.2. The maximum Gasteiger partial charge on any atom is 0.250 e. The molecule has 26 heavy (non-hydrogen) atoms. The van der Waals surface area contributed by atoms with Gasteiger partial charge >= 0.3 is 0 Å². The highest BCUT2D eigenvalue weighted by Crippen LogP contribution is 2.22. The van der Waals surface area contributed by atoms with Gasteiger partial charge < -0.3 is 9.73 Å². The van der Waals surface area contributed by atoms with Crippen LogP contribution in [0.5, 0.6) is 0 Å². The van der Waals surface area contributed by atoms with E-state index in [0.29, 0.717) is 10.8 Å². The Kier molecular flexibility index (Phi) is 5.84. The minimum Gasteiger partial charge on any atom is -0.457 e. The van der Waals surface area contributed by atoms with E-state index in [1.165, 1.54) is 6.08 Å². The van der Waals surface area contributed by atoms with Crippen LogP contribution in [0.2, 0.25) is 5.02 Å². The molecule has 0 atom stereocenters. The molecule has 4 nitrogen and oxygen atoms in total. The van der Waals surface area contributed by atoms with Gasteiger partial charge in [-0.1, -0.05) is 41.9 Å². The topological polar surface area (TPSA) is 54.3 Å². The molecular formula is C20H15ClN2O2S. The number of furan rings is 1. The molecule has 0 aliphatic carbocycles. The summed E-state index contributed by atoms with van der Waals surface area (Å²) in [5, 5.41) is 6.31. The summed E-state index contributed by atoms with van der Waals surface area (Å²) in [6.45, 7) is 0. The third-order valence-electron chi connectivity index (χ3n) is 3.42. The first-order chi connectivity index (χ1) is 12.6. The molecule has 1 amide bonds. The Morgan fingerprint density at radius 3 is 2.46 bits per heavy atom. The Balaban J connectivity index is 1.55. The first kappa shape index (κ1) is 17.9. The van der Waals surface area contributed by atoms with Gasteiger partial charge in [0.15, 0.2) is 5.11 Å². The van der Waals surface area contributed by atoms with Gasteiger partial charge in [-0.15, -0.1) is 0 Å². The number of halogens is 1. The molecule has 2 N–H and O–H groups in total. The summed E-state index contributed by atoms with van der Waals surface area (Å²) in [7, 11) is 0. The lowest BCUT2D eigenvalue weighted by Crippen LogP contribution is -2.32. The average molecular weight is 383 g/mol. The van der Waals surface area contributed by atoms with Crippen molar-refractivity contribution in [1.29, 1.82) is 0 Å². The van der Waals surface area contributed by atoms with E-state index in [0.717, 1.165) is 17.0 Å². The predicted octanol–water partition coefficient (Wildman–Crippen LogP) is 5.13. The van der Waals surface area contributed by atoms with Gasteiger partial charge in [0.05, 0.1) is 0 Å². The molecule has 0 bridgehead atoms. The Labute approximate surface area is 161 Å². The van der Waals surface area contributed by atoms with Crippen molar-refractivity contribution in [3.8, 4) is 11.3 Å². The van der Waals surface area contributed by atoms with Gasteiger partial charge in [-0.2, -0.15) is 0 Å². The zero-order chi connectivity index (χ0) is 18.4. The predicted molar refractivity (Wildman–Crippen MR) is 109 cm³/mol. The average Bonchev–Trinajstić information content (AvgIpc) is 3.12. The number of hydrogen-bond donors (Lipinski definition) is 2. The standard InChI is InChI=1S/C20H15ClN2O2S/c21-15-6-8-16(9-7-15)22-20(26)23-19(24)13-11-17-10-12-18(25-17)14-4-2-1-3-5-14/h1-13H,(H2,22,23,24,26)/b13-11+. The molecule has 0 spiro atoms. The van der Waals surface area contributed by atoms with Crippen LogP contribution in [0.3, 0.4) is 0 Å². The summed E-state index contributed by atoms with van der Waals surface area (Å²) in [4.78, 5) is 12.0. The molecule has 0 fully saturated rings. The molecule has 0 aliphatic rings. The van der Waals surface area contributed by atoms with Gasteiger partial charge in [-0.05, 0) is 54.7 Å². The summed E-state index contributed by atoms with van der Waals surface area (Å²) in [6.07, 6.45) is 2.95. The van der Waals surface area contributed by atoms with E-state index in [1.54, 1.807) is 36.4 Å². The molecule has 130 valence electrons. The van der Waals surface area contributed by atoms with Crippen molar-refractivity contribution in [3.63, 3.8) is 0 Å². The highest BCUT2D eigenvalue weighted by molar-refractivity contribution is 7.80. The Morgan fingerprint density at radius 2 is 1.73 bits per heavy atom. The smallest absolute Gasteiger partial charge is 0.250 e. The molecule has 3 rings (SSSR count). The van der Waals surface area contributed by atoms with Crippen molar-refractivity contribution in [2.24, 2.45) is 0 Å². The van der Waals surface area contributed by atoms with Gasteiger partial charge in [-0.25, -0.2) is 0 Å². The lowest BCUT2D eigenvalue weighted by Gasteiger charge is -2.07. The van der Waals surface area contributed by atoms with Crippen molar-refractivity contribution in [1.82, 2.24) is 5.32 Å². The molecular weight excluding hydrogens is 368 g/mol. The highest BCUT2D eigenvalue weighted by Gasteiger charge is 2.04. The third-order valence-corrected chi connectivity index (χ3v) is 3.88. The SMILES string of the molecule is O=C(/C=C/c1ccc(-c2ccccc2)o1)NC(=S)Nc1ccc(Cl)cc1. The largest absolute Gasteiger partial charge is 0.457 e. The molecule has 6 heteroatoms. The first-order valence-corrected chi connectivity index (χ1v) is 8.60. The third kappa shape index (κ3) is 5.05. The molecule has 0 saturated carbocycles. The van der Waals surface area contributed by atoms with Crippen molar-refractivity contribution < 1.29 is 9.21 Å². The molecule has 0 radical (unpaired) electrons. The van der Waals surface area contributed by atoms with Gasteiger partial charge in [0.2, 0.25) is 5.91 Å². The van der Waals surface area contributed by atoms with Crippen LogP contribution in [-0.4, -0.2) is 11.0 Å². The lowest BCUT2D eigenvalue weighted by molar-refractivity contribution is -0.115. The summed E-state index contributed by atoms with van der Waals surface area (Å²) < 4.78 is 5.70. The van der Waals surface area contributed by atoms with Crippen LogP contribution in [-0.2, 0) is 4.79 Å². The van der Waals surface area contributed by atoms with E-state index in [4.69, 9.17) is 28.2 Å². The maximum absolute atomic E-state index is 12.0. The summed E-state index contributed by atoms with van der Waals surface area (Å²) >= 11 is 10.9. The van der Waals surface area contributed by atoms with E-state index in [1.807, 2.05) is 36.4 Å². The fraction of sp³-hybridized carbons (Fsp3) is 0. The summed E-state index contributed by atoms with van der Waals surface area (Å²) in [5.41, 5.74) is 1.71. The molecule has 1 aromatic heterocycles. The molecule has 1 heterocycles.